The summed E-state index contributed by atoms with van der Waals surface area (Å²) < 4.78 is 40.0. The fourth-order valence-corrected chi connectivity index (χ4v) is 12.6. The van der Waals surface area contributed by atoms with Crippen LogP contribution in [0.1, 0.15) is 57.8 Å². The van der Waals surface area contributed by atoms with Gasteiger partial charge in [0, 0.05) is 17.5 Å². The van der Waals surface area contributed by atoms with E-state index in [1.54, 1.807) is 20.0 Å². The van der Waals surface area contributed by atoms with Crippen molar-refractivity contribution in [1.29, 1.82) is 0 Å². The van der Waals surface area contributed by atoms with E-state index in [2.05, 4.69) is 62.9 Å². The highest BCUT2D eigenvalue weighted by Gasteiger charge is 2.62. The number of alkyl carbamates (subject to hydrolysis) is 2. The van der Waals surface area contributed by atoms with E-state index in [0.29, 0.717) is 17.7 Å². The monoisotopic (exact) mass is 868 g/mol. The number of hydrogen-bond donors (Lipinski definition) is 4. The fraction of sp³-hybridized carbons (Fsp3) is 0.467. The topological polar surface area (TPSA) is 175 Å². The standard InChI is InChI=1S/C45H54F2N8O6Si/c1-22(2)36(52-44(58)60-5)42(56)54-21-62(7,8)20-33(54)40-49-30-16-14-27-17-26(13-15-28(27)38(30)51-40)24-9-11-25(12-10-24)31-19-48-41(50-31)39-29-18-32(35(47)34(29)46)55(39)43(57)37(23(3)4)53-45(59)61-6/h9-17,19,22-23,29,32-37,39H,18,20-21H2,1-8H3,(H,48,50)(H,49,51)(H,52,58)(H,53,59)/t29-,32+,33+,34?,35?,36+,37+,39+/m1/s1. The van der Waals surface area contributed by atoms with Crippen LogP contribution in [-0.4, -0.2) is 113 Å². The number of H-pyrrole nitrogens is 2. The van der Waals surface area contributed by atoms with Crippen LogP contribution < -0.4 is 10.6 Å². The number of nitrogens with one attached hydrogen (secondary N) is 4. The van der Waals surface area contributed by atoms with E-state index in [1.165, 1.54) is 19.1 Å². The first-order chi connectivity index (χ1) is 29.5. The molecule has 2 unspecified atom stereocenters. The fourth-order valence-electron chi connectivity index (χ4n) is 9.72. The number of methoxy groups -OCH3 is 2. The maximum absolute atomic E-state index is 15.3. The van der Waals surface area contributed by atoms with E-state index in [0.717, 1.165) is 50.4 Å². The first kappa shape index (κ1) is 42.8. The molecule has 4 N–H and O–H groups in total. The second-order valence-corrected chi connectivity index (χ2v) is 23.4. The largest absolute Gasteiger partial charge is 0.453 e. The second-order valence-electron chi connectivity index (χ2n) is 18.4. The third kappa shape index (κ3) is 7.68. The molecule has 2 aliphatic heterocycles. The van der Waals surface area contributed by atoms with Crippen LogP contribution in [0, 0.1) is 17.8 Å². The van der Waals surface area contributed by atoms with E-state index in [1.807, 2.05) is 49.1 Å². The van der Waals surface area contributed by atoms with Crippen molar-refractivity contribution in [2.75, 3.05) is 20.4 Å². The summed E-state index contributed by atoms with van der Waals surface area (Å²) in [5.74, 6) is -0.824. The van der Waals surface area contributed by atoms with Gasteiger partial charge in [-0.25, -0.2) is 28.3 Å². The van der Waals surface area contributed by atoms with Gasteiger partial charge in [0.05, 0.1) is 63.3 Å². The van der Waals surface area contributed by atoms with Gasteiger partial charge in [-0.1, -0.05) is 83.3 Å². The Labute approximate surface area is 359 Å². The average molecular weight is 869 g/mol. The number of halogens is 2. The lowest BCUT2D eigenvalue weighted by Crippen LogP contribution is -2.57. The van der Waals surface area contributed by atoms with E-state index < -0.39 is 68.6 Å². The molecular formula is C45H54F2N8O6Si. The molecule has 1 aliphatic carbocycles. The van der Waals surface area contributed by atoms with Gasteiger partial charge in [-0.2, -0.15) is 0 Å². The van der Waals surface area contributed by atoms with Crippen molar-refractivity contribution in [2.24, 2.45) is 17.8 Å². The van der Waals surface area contributed by atoms with Gasteiger partial charge >= 0.3 is 12.2 Å². The van der Waals surface area contributed by atoms with E-state index in [-0.39, 0.29) is 30.2 Å². The van der Waals surface area contributed by atoms with Crippen molar-refractivity contribution in [2.45, 2.75) is 95.8 Å². The molecule has 8 rings (SSSR count). The summed E-state index contributed by atoms with van der Waals surface area (Å²) in [6.45, 7) is 11.9. The number of nitrogens with zero attached hydrogens (tertiary/aromatic N) is 4. The number of alkyl halides is 2. The lowest BCUT2D eigenvalue weighted by atomic mass is 9.93. The maximum atomic E-state index is 15.3. The predicted molar refractivity (Wildman–Crippen MR) is 233 cm³/mol. The molecule has 14 nitrogen and oxygen atoms in total. The number of carbonyl (C=O) groups excluding carboxylic acids is 4. The molecule has 0 radical (unpaired) electrons. The summed E-state index contributed by atoms with van der Waals surface area (Å²) in [5, 5.41) is 7.28. The number of amides is 4. The molecular weight excluding hydrogens is 815 g/mol. The maximum Gasteiger partial charge on any atom is 0.407 e. The number of likely N-dealkylation sites (tertiary alicyclic amines) is 1. The van der Waals surface area contributed by atoms with E-state index in [9.17, 15) is 19.2 Å². The third-order valence-electron chi connectivity index (χ3n) is 12.9. The zero-order valence-corrected chi connectivity index (χ0v) is 37.2. The lowest BCUT2D eigenvalue weighted by molar-refractivity contribution is -0.143. The quantitative estimate of drug-likeness (QED) is 0.104. The van der Waals surface area contributed by atoms with Crippen molar-refractivity contribution < 1.29 is 37.4 Å². The molecule has 328 valence electrons. The van der Waals surface area contributed by atoms with Crippen molar-refractivity contribution >= 4 is 53.9 Å². The molecule has 5 aromatic rings. The number of fused-ring (bicyclic) bond motifs is 5. The second kappa shape index (κ2) is 16.5. The Bertz CT molecular complexity index is 2530. The van der Waals surface area contributed by atoms with Gasteiger partial charge in [-0.05, 0) is 58.5 Å². The molecule has 0 spiro atoms. The van der Waals surface area contributed by atoms with Crippen molar-refractivity contribution in [1.82, 2.24) is 40.4 Å². The van der Waals surface area contributed by atoms with Crippen LogP contribution in [0.3, 0.4) is 0 Å². The molecule has 2 aromatic heterocycles. The number of imidazole rings is 2. The molecule has 2 bridgehead atoms. The highest BCUT2D eigenvalue weighted by molar-refractivity contribution is 6.78. The smallest absolute Gasteiger partial charge is 0.407 e. The van der Waals surface area contributed by atoms with Gasteiger partial charge < -0.3 is 39.9 Å². The minimum absolute atomic E-state index is 0.139. The SMILES string of the molecule is COC(=O)N[C@H](C(=O)N1C[Si](C)(C)C[C@H]1c1nc2c(ccc3cc(-c4ccc(-c5cnc([C@@H]6[C@@H]7C[C@@H](C(F)C7F)N6C(=O)[C@@H](NC(=O)OC)C(C)C)[nH]5)cc4)ccc32)[nH]1)C(C)C. The molecule has 62 heavy (non-hydrogen) atoms. The van der Waals surface area contributed by atoms with Gasteiger partial charge in [-0.3, -0.25) is 9.59 Å². The van der Waals surface area contributed by atoms with Crippen LogP contribution in [0.25, 0.3) is 44.2 Å². The molecule has 8 atom stereocenters. The van der Waals surface area contributed by atoms with Crippen LogP contribution in [0.15, 0.2) is 60.8 Å². The number of ether oxygens (including phenoxy) is 2. The molecule has 3 fully saturated rings. The summed E-state index contributed by atoms with van der Waals surface area (Å²) in [7, 11) is 0.683. The van der Waals surface area contributed by atoms with E-state index >= 15 is 8.78 Å². The van der Waals surface area contributed by atoms with Crippen LogP contribution >= 0.6 is 0 Å². The summed E-state index contributed by atoms with van der Waals surface area (Å²) in [6, 6.07) is 15.3. The number of piperidine rings is 1. The zero-order chi connectivity index (χ0) is 44.4. The van der Waals surface area contributed by atoms with Crippen LogP contribution in [0.5, 0.6) is 0 Å². The Hall–Kier alpha value is -5.84. The zero-order valence-electron chi connectivity index (χ0n) is 36.2. The first-order valence-electron chi connectivity index (χ1n) is 21.2. The van der Waals surface area contributed by atoms with Crippen molar-refractivity contribution in [3.05, 3.63) is 72.4 Å². The first-order valence-corrected chi connectivity index (χ1v) is 24.6. The number of carbonyl (C=O) groups is 4. The number of aromatic nitrogens is 4. The molecule has 17 heteroatoms. The minimum atomic E-state index is -1.83. The Morgan fingerprint density at radius 1 is 0.806 bits per heavy atom. The average Bonchev–Trinajstić information content (AvgIpc) is 4.09. The van der Waals surface area contributed by atoms with Gasteiger partial charge in [0.1, 0.15) is 29.9 Å². The Morgan fingerprint density at radius 2 is 1.44 bits per heavy atom. The molecule has 3 aromatic carbocycles. The van der Waals surface area contributed by atoms with Gasteiger partial charge in [0.2, 0.25) is 11.8 Å². The molecule has 3 aliphatic rings. The summed E-state index contributed by atoms with van der Waals surface area (Å²) in [5.41, 5.74) is 5.14. The lowest BCUT2D eigenvalue weighted by Gasteiger charge is -2.39. The number of rotatable bonds is 10. The Kier molecular flexibility index (Phi) is 11.4. The van der Waals surface area contributed by atoms with E-state index in [4.69, 9.17) is 14.5 Å². The summed E-state index contributed by atoms with van der Waals surface area (Å²) in [4.78, 5) is 72.0. The molecule has 4 amide bonds. The van der Waals surface area contributed by atoms with Crippen molar-refractivity contribution in [3.63, 3.8) is 0 Å². The number of aromatic amines is 2. The third-order valence-corrected chi connectivity index (χ3v) is 15.6. The van der Waals surface area contributed by atoms with Crippen molar-refractivity contribution in [3.8, 4) is 22.4 Å². The minimum Gasteiger partial charge on any atom is -0.453 e. The van der Waals surface area contributed by atoms with Gasteiger partial charge in [-0.15, -0.1) is 0 Å². The van der Waals surface area contributed by atoms with Crippen LogP contribution in [0.4, 0.5) is 18.4 Å². The van der Waals surface area contributed by atoms with Gasteiger partial charge in [0.15, 0.2) is 6.17 Å². The Morgan fingerprint density at radius 3 is 2.08 bits per heavy atom. The number of hydrogen-bond acceptors (Lipinski definition) is 8. The highest BCUT2D eigenvalue weighted by atomic mass is 28.3. The summed E-state index contributed by atoms with van der Waals surface area (Å²) >= 11 is 0. The van der Waals surface area contributed by atoms with Crippen LogP contribution in [0.2, 0.25) is 19.1 Å². The molecule has 1 saturated carbocycles. The number of benzene rings is 3. The summed E-state index contributed by atoms with van der Waals surface area (Å²) in [6.07, 6.45) is -2.55. The Balaban J connectivity index is 1.03. The highest BCUT2D eigenvalue weighted by Crippen LogP contribution is 2.52. The van der Waals surface area contributed by atoms with Crippen LogP contribution in [-0.2, 0) is 19.1 Å². The molecule has 2 saturated heterocycles. The molecule has 4 heterocycles. The van der Waals surface area contributed by atoms with Gasteiger partial charge in [0.25, 0.3) is 0 Å². The predicted octanol–water partition coefficient (Wildman–Crippen LogP) is 7.61. The normalized spacial score (nSPS) is 23.9.